The van der Waals surface area contributed by atoms with Crippen LogP contribution in [0.5, 0.6) is 0 Å². The van der Waals surface area contributed by atoms with Crippen LogP contribution in [0.1, 0.15) is 12.0 Å². The lowest BCUT2D eigenvalue weighted by Gasteiger charge is -2.33. The lowest BCUT2D eigenvalue weighted by Crippen LogP contribution is -2.44. The van der Waals surface area contributed by atoms with Gasteiger partial charge in [0.15, 0.2) is 0 Å². The van der Waals surface area contributed by atoms with Crippen LogP contribution < -0.4 is 5.32 Å². The van der Waals surface area contributed by atoms with Crippen LogP contribution in [-0.4, -0.2) is 35.4 Å². The lowest BCUT2D eigenvalue weighted by molar-refractivity contribution is -0.140. The number of rotatable bonds is 2. The van der Waals surface area contributed by atoms with Crippen molar-refractivity contribution in [3.63, 3.8) is 0 Å². The van der Waals surface area contributed by atoms with Gasteiger partial charge in [-0.05, 0) is 30.5 Å². The van der Waals surface area contributed by atoms with Crippen LogP contribution in [0.15, 0.2) is 24.5 Å². The number of hydrogen-bond donors (Lipinski definition) is 1. The number of aromatic nitrogens is 1. The molecule has 1 amide bonds. The molecule has 0 radical (unpaired) electrons. The van der Waals surface area contributed by atoms with Gasteiger partial charge < -0.3 is 10.2 Å². The molecule has 0 aliphatic carbocycles. The van der Waals surface area contributed by atoms with Crippen molar-refractivity contribution in [2.75, 3.05) is 19.6 Å². The van der Waals surface area contributed by atoms with Crippen LogP contribution in [0.4, 0.5) is 0 Å². The number of amides is 1. The smallest absolute Gasteiger partial charge is 0.227 e. The molecule has 4 nitrogen and oxygen atoms in total. The van der Waals surface area contributed by atoms with Gasteiger partial charge in [-0.2, -0.15) is 0 Å². The van der Waals surface area contributed by atoms with E-state index >= 15 is 0 Å². The van der Waals surface area contributed by atoms with E-state index in [2.05, 4.69) is 10.3 Å². The molecule has 1 aromatic heterocycles. The Bertz CT molecular complexity index is 406. The van der Waals surface area contributed by atoms with Gasteiger partial charge in [0.05, 0.1) is 5.92 Å². The minimum atomic E-state index is 0.209. The van der Waals surface area contributed by atoms with Crippen LogP contribution in [0, 0.1) is 11.8 Å². The Morgan fingerprint density at radius 1 is 1.47 bits per heavy atom. The molecule has 0 aromatic carbocycles. The second kappa shape index (κ2) is 4.45. The van der Waals surface area contributed by atoms with Gasteiger partial charge in [0, 0.05) is 32.0 Å². The number of carbonyl (C=O) groups excluding carboxylic acids is 1. The summed E-state index contributed by atoms with van der Waals surface area (Å²) in [5, 5.41) is 3.32. The van der Waals surface area contributed by atoms with E-state index in [4.69, 9.17) is 0 Å². The van der Waals surface area contributed by atoms with E-state index in [-0.39, 0.29) is 5.92 Å². The van der Waals surface area contributed by atoms with E-state index in [1.54, 1.807) is 6.20 Å². The van der Waals surface area contributed by atoms with E-state index < -0.39 is 0 Å². The molecule has 2 atom stereocenters. The summed E-state index contributed by atoms with van der Waals surface area (Å²) in [6.45, 7) is 3.46. The molecule has 90 valence electrons. The van der Waals surface area contributed by atoms with Crippen molar-refractivity contribution in [2.24, 2.45) is 11.8 Å². The molecule has 3 rings (SSSR count). The lowest BCUT2D eigenvalue weighted by atomic mass is 9.88. The molecule has 0 unspecified atom stereocenters. The standard InChI is InChI=1S/C13H17N3O/c17-13-12-8-15-7-11(12)3-5-16(13)9-10-2-1-4-14-6-10/h1-2,4,6,11-12,15H,3,5,7-9H2/t11-,12-/m0/s1. The molecular formula is C13H17N3O. The number of carbonyl (C=O) groups is 1. The molecule has 0 saturated carbocycles. The number of piperidine rings is 1. The van der Waals surface area contributed by atoms with Crippen molar-refractivity contribution in [2.45, 2.75) is 13.0 Å². The van der Waals surface area contributed by atoms with Crippen molar-refractivity contribution in [1.29, 1.82) is 0 Å². The number of nitrogens with one attached hydrogen (secondary N) is 1. The number of pyridine rings is 1. The van der Waals surface area contributed by atoms with Crippen LogP contribution >= 0.6 is 0 Å². The fourth-order valence-electron chi connectivity index (χ4n) is 2.86. The quantitative estimate of drug-likeness (QED) is 0.813. The van der Waals surface area contributed by atoms with Gasteiger partial charge in [-0.25, -0.2) is 0 Å². The molecule has 0 bridgehead atoms. The average molecular weight is 231 g/mol. The highest BCUT2D eigenvalue weighted by Crippen LogP contribution is 2.28. The predicted molar refractivity (Wildman–Crippen MR) is 64.1 cm³/mol. The Hall–Kier alpha value is -1.42. The first-order valence-corrected chi connectivity index (χ1v) is 6.23. The first kappa shape index (κ1) is 10.7. The Morgan fingerprint density at radius 3 is 3.24 bits per heavy atom. The maximum atomic E-state index is 12.3. The zero-order valence-electron chi connectivity index (χ0n) is 9.80. The van der Waals surface area contributed by atoms with E-state index in [1.165, 1.54) is 0 Å². The topological polar surface area (TPSA) is 45.2 Å². The van der Waals surface area contributed by atoms with Gasteiger partial charge in [0.25, 0.3) is 0 Å². The molecule has 1 aromatic rings. The van der Waals surface area contributed by atoms with Crippen molar-refractivity contribution in [1.82, 2.24) is 15.2 Å². The van der Waals surface area contributed by atoms with Crippen molar-refractivity contribution < 1.29 is 4.79 Å². The summed E-state index contributed by atoms with van der Waals surface area (Å²) in [7, 11) is 0. The SMILES string of the molecule is O=C1[C@H]2CNC[C@@H]2CCN1Cc1cccnc1. The Labute approximate surface area is 101 Å². The Morgan fingerprint density at radius 2 is 2.41 bits per heavy atom. The molecule has 0 spiro atoms. The minimum Gasteiger partial charge on any atom is -0.338 e. The summed E-state index contributed by atoms with van der Waals surface area (Å²) in [5.74, 6) is 1.09. The van der Waals surface area contributed by atoms with E-state index in [0.717, 1.165) is 31.6 Å². The number of nitrogens with zero attached hydrogens (tertiary/aromatic N) is 2. The van der Waals surface area contributed by atoms with E-state index in [9.17, 15) is 4.79 Å². The maximum absolute atomic E-state index is 12.3. The zero-order valence-corrected chi connectivity index (χ0v) is 9.80. The first-order valence-electron chi connectivity index (χ1n) is 6.23. The molecule has 2 saturated heterocycles. The van der Waals surface area contributed by atoms with Crippen LogP contribution in [0.25, 0.3) is 0 Å². The van der Waals surface area contributed by atoms with Gasteiger partial charge in [0.1, 0.15) is 0 Å². The summed E-state index contributed by atoms with van der Waals surface area (Å²) in [6, 6.07) is 3.95. The van der Waals surface area contributed by atoms with Crippen molar-refractivity contribution >= 4 is 5.91 Å². The largest absolute Gasteiger partial charge is 0.338 e. The van der Waals surface area contributed by atoms with Crippen molar-refractivity contribution in [3.8, 4) is 0 Å². The predicted octanol–water partition coefficient (Wildman–Crippen LogP) is 0.649. The molecule has 2 aliphatic rings. The molecule has 3 heterocycles. The highest BCUT2D eigenvalue weighted by Gasteiger charge is 2.39. The third-order valence-corrected chi connectivity index (χ3v) is 3.83. The summed E-state index contributed by atoms with van der Waals surface area (Å²) in [6.07, 6.45) is 4.73. The summed E-state index contributed by atoms with van der Waals surface area (Å²) in [5.41, 5.74) is 1.12. The van der Waals surface area contributed by atoms with Gasteiger partial charge >= 0.3 is 0 Å². The number of likely N-dealkylation sites (tertiary alicyclic amines) is 1. The van der Waals surface area contributed by atoms with Gasteiger partial charge in [-0.3, -0.25) is 9.78 Å². The number of hydrogen-bond acceptors (Lipinski definition) is 3. The first-order chi connectivity index (χ1) is 8.34. The van der Waals surface area contributed by atoms with Crippen LogP contribution in [0.2, 0.25) is 0 Å². The fraction of sp³-hybridized carbons (Fsp3) is 0.538. The third-order valence-electron chi connectivity index (χ3n) is 3.83. The summed E-state index contributed by atoms with van der Waals surface area (Å²) in [4.78, 5) is 18.3. The highest BCUT2D eigenvalue weighted by molar-refractivity contribution is 5.80. The molecule has 4 heteroatoms. The number of fused-ring (bicyclic) bond motifs is 1. The molecule has 1 N–H and O–H groups in total. The van der Waals surface area contributed by atoms with Crippen LogP contribution in [0.3, 0.4) is 0 Å². The average Bonchev–Trinajstić information content (AvgIpc) is 2.83. The van der Waals surface area contributed by atoms with Gasteiger partial charge in [-0.1, -0.05) is 6.07 Å². The molecular weight excluding hydrogens is 214 g/mol. The second-order valence-electron chi connectivity index (χ2n) is 4.93. The third kappa shape index (κ3) is 2.05. The van der Waals surface area contributed by atoms with Crippen LogP contribution in [-0.2, 0) is 11.3 Å². The zero-order chi connectivity index (χ0) is 11.7. The Kier molecular flexibility index (Phi) is 2.81. The molecule has 2 aliphatic heterocycles. The summed E-state index contributed by atoms with van der Waals surface area (Å²) < 4.78 is 0. The van der Waals surface area contributed by atoms with Gasteiger partial charge in [0.2, 0.25) is 5.91 Å². The highest BCUT2D eigenvalue weighted by atomic mass is 16.2. The maximum Gasteiger partial charge on any atom is 0.227 e. The van der Waals surface area contributed by atoms with Gasteiger partial charge in [-0.15, -0.1) is 0 Å². The normalized spacial score (nSPS) is 28.2. The van der Waals surface area contributed by atoms with Crippen molar-refractivity contribution in [3.05, 3.63) is 30.1 Å². The monoisotopic (exact) mass is 231 g/mol. The van der Waals surface area contributed by atoms with E-state index in [1.807, 2.05) is 23.2 Å². The second-order valence-corrected chi connectivity index (χ2v) is 4.93. The van der Waals surface area contributed by atoms with E-state index in [0.29, 0.717) is 18.4 Å². The summed E-state index contributed by atoms with van der Waals surface area (Å²) >= 11 is 0. The minimum absolute atomic E-state index is 0.209. The molecule has 2 fully saturated rings. The fourth-order valence-corrected chi connectivity index (χ4v) is 2.86. The molecule has 17 heavy (non-hydrogen) atoms. The Balaban J connectivity index is 1.70.